The molecular weight excluding hydrogens is 338 g/mol. The van der Waals surface area contributed by atoms with Crippen LogP contribution in [0.1, 0.15) is 35.7 Å². The zero-order valence-electron chi connectivity index (χ0n) is 15.7. The van der Waals surface area contributed by atoms with Crippen LogP contribution in [0.3, 0.4) is 0 Å². The van der Waals surface area contributed by atoms with E-state index in [9.17, 15) is 9.59 Å². The second-order valence-electron chi connectivity index (χ2n) is 7.22. The molecule has 2 atom stereocenters. The summed E-state index contributed by atoms with van der Waals surface area (Å²) in [5, 5.41) is 5.99. The second-order valence-corrected chi connectivity index (χ2v) is 7.22. The predicted octanol–water partition coefficient (Wildman–Crippen LogP) is 2.59. The van der Waals surface area contributed by atoms with Crippen molar-refractivity contribution in [3.05, 3.63) is 71.8 Å². The van der Waals surface area contributed by atoms with E-state index in [-0.39, 0.29) is 30.3 Å². The minimum Gasteiger partial charge on any atom is -0.352 e. The first-order valence-electron chi connectivity index (χ1n) is 9.51. The lowest BCUT2D eigenvalue weighted by Gasteiger charge is -2.18. The monoisotopic (exact) mass is 365 g/mol. The zero-order chi connectivity index (χ0) is 19.1. The fraction of sp³-hybridized carbons (Fsp3) is 0.364. The molecular formula is C22H27N3O2. The van der Waals surface area contributed by atoms with E-state index in [2.05, 4.69) is 39.8 Å². The molecule has 2 aromatic rings. The summed E-state index contributed by atoms with van der Waals surface area (Å²) in [4.78, 5) is 26.8. The Kier molecular flexibility index (Phi) is 6.60. The lowest BCUT2D eigenvalue weighted by Crippen LogP contribution is -2.41. The molecule has 1 aliphatic rings. The maximum absolute atomic E-state index is 12.3. The smallest absolute Gasteiger partial charge is 0.251 e. The summed E-state index contributed by atoms with van der Waals surface area (Å²) in [7, 11) is 0. The molecule has 3 rings (SSSR count). The summed E-state index contributed by atoms with van der Waals surface area (Å²) in [6, 6.07) is 19.4. The van der Waals surface area contributed by atoms with Crippen molar-refractivity contribution in [3.8, 4) is 0 Å². The Bertz CT molecular complexity index is 749. The number of carbonyl (C=O) groups is 2. The lowest BCUT2D eigenvalue weighted by atomic mass is 10.1. The standard InChI is InChI=1S/C22H27N3O2/c1-17(23-22(27)19-10-6-3-7-11-19)14-21(26)24-20-12-13-25(16-20)15-18-8-4-2-5-9-18/h2-11,17,20H,12-16H2,1H3,(H,23,27)(H,24,26). The number of hydrogen-bond donors (Lipinski definition) is 2. The van der Waals surface area contributed by atoms with E-state index in [4.69, 9.17) is 0 Å². The average Bonchev–Trinajstić information content (AvgIpc) is 3.09. The Morgan fingerprint density at radius 2 is 1.74 bits per heavy atom. The molecule has 0 saturated carbocycles. The van der Waals surface area contributed by atoms with Gasteiger partial charge in [-0.05, 0) is 31.0 Å². The van der Waals surface area contributed by atoms with Gasteiger partial charge in [-0.3, -0.25) is 14.5 Å². The summed E-state index contributed by atoms with van der Waals surface area (Å²) in [6.45, 7) is 4.62. The number of likely N-dealkylation sites (tertiary alicyclic amines) is 1. The molecule has 2 amide bonds. The maximum Gasteiger partial charge on any atom is 0.251 e. The van der Waals surface area contributed by atoms with Crippen molar-refractivity contribution in [2.75, 3.05) is 13.1 Å². The van der Waals surface area contributed by atoms with Crippen molar-refractivity contribution < 1.29 is 9.59 Å². The number of nitrogens with zero attached hydrogens (tertiary/aromatic N) is 1. The molecule has 1 fully saturated rings. The molecule has 0 bridgehead atoms. The molecule has 1 saturated heterocycles. The molecule has 0 aromatic heterocycles. The summed E-state index contributed by atoms with van der Waals surface area (Å²) < 4.78 is 0. The van der Waals surface area contributed by atoms with E-state index in [1.54, 1.807) is 12.1 Å². The third-order valence-electron chi connectivity index (χ3n) is 4.79. The summed E-state index contributed by atoms with van der Waals surface area (Å²) in [5.41, 5.74) is 1.90. The van der Waals surface area contributed by atoms with Gasteiger partial charge in [0, 0.05) is 43.7 Å². The van der Waals surface area contributed by atoms with Crippen LogP contribution in [-0.2, 0) is 11.3 Å². The van der Waals surface area contributed by atoms with E-state index < -0.39 is 0 Å². The predicted molar refractivity (Wildman–Crippen MR) is 106 cm³/mol. The minimum absolute atomic E-state index is 0.0116. The van der Waals surface area contributed by atoms with Crippen molar-refractivity contribution in [1.82, 2.24) is 15.5 Å². The first-order valence-corrected chi connectivity index (χ1v) is 9.51. The normalized spacial score (nSPS) is 18.0. The van der Waals surface area contributed by atoms with Crippen LogP contribution in [0.4, 0.5) is 0 Å². The van der Waals surface area contributed by atoms with Crippen LogP contribution in [0.2, 0.25) is 0 Å². The highest BCUT2D eigenvalue weighted by molar-refractivity contribution is 5.94. The van der Waals surface area contributed by atoms with Gasteiger partial charge < -0.3 is 10.6 Å². The van der Waals surface area contributed by atoms with Gasteiger partial charge in [-0.1, -0.05) is 48.5 Å². The molecule has 0 radical (unpaired) electrons. The van der Waals surface area contributed by atoms with Gasteiger partial charge in [-0.2, -0.15) is 0 Å². The molecule has 2 unspecified atom stereocenters. The zero-order valence-corrected chi connectivity index (χ0v) is 15.7. The van der Waals surface area contributed by atoms with Crippen LogP contribution in [0, 0.1) is 0 Å². The molecule has 27 heavy (non-hydrogen) atoms. The highest BCUT2D eigenvalue weighted by Gasteiger charge is 2.24. The quantitative estimate of drug-likeness (QED) is 0.793. The Morgan fingerprint density at radius 1 is 1.07 bits per heavy atom. The van der Waals surface area contributed by atoms with Crippen molar-refractivity contribution >= 4 is 11.8 Å². The molecule has 0 aliphatic carbocycles. The molecule has 0 spiro atoms. The van der Waals surface area contributed by atoms with Crippen LogP contribution < -0.4 is 10.6 Å². The molecule has 1 heterocycles. The second kappa shape index (κ2) is 9.33. The van der Waals surface area contributed by atoms with Gasteiger partial charge in [0.1, 0.15) is 0 Å². The van der Waals surface area contributed by atoms with Crippen molar-refractivity contribution in [3.63, 3.8) is 0 Å². The third-order valence-corrected chi connectivity index (χ3v) is 4.79. The molecule has 1 aliphatic heterocycles. The van der Waals surface area contributed by atoms with E-state index >= 15 is 0 Å². The third kappa shape index (κ3) is 5.93. The van der Waals surface area contributed by atoms with Crippen LogP contribution >= 0.6 is 0 Å². The SMILES string of the molecule is CC(CC(=O)NC1CCN(Cc2ccccc2)C1)NC(=O)c1ccccc1. The molecule has 5 heteroatoms. The lowest BCUT2D eigenvalue weighted by molar-refractivity contribution is -0.122. The van der Waals surface area contributed by atoms with Crippen molar-refractivity contribution in [2.24, 2.45) is 0 Å². The number of carbonyl (C=O) groups excluding carboxylic acids is 2. The van der Waals surface area contributed by atoms with E-state index in [0.717, 1.165) is 26.1 Å². The summed E-state index contributed by atoms with van der Waals surface area (Å²) >= 11 is 0. The van der Waals surface area contributed by atoms with Crippen molar-refractivity contribution in [1.29, 1.82) is 0 Å². The number of hydrogen-bond acceptors (Lipinski definition) is 3. The van der Waals surface area contributed by atoms with E-state index in [0.29, 0.717) is 5.56 Å². The van der Waals surface area contributed by atoms with E-state index in [1.165, 1.54) is 5.56 Å². The van der Waals surface area contributed by atoms with Gasteiger partial charge in [0.25, 0.3) is 5.91 Å². The first kappa shape index (κ1) is 19.1. The maximum atomic E-state index is 12.3. The van der Waals surface area contributed by atoms with Gasteiger partial charge in [-0.15, -0.1) is 0 Å². The Morgan fingerprint density at radius 3 is 2.44 bits per heavy atom. The van der Waals surface area contributed by atoms with Crippen LogP contribution in [0.15, 0.2) is 60.7 Å². The first-order chi connectivity index (χ1) is 13.1. The largest absolute Gasteiger partial charge is 0.352 e. The summed E-state index contributed by atoms with van der Waals surface area (Å²) in [5.74, 6) is -0.159. The van der Waals surface area contributed by atoms with Crippen LogP contribution in [0.5, 0.6) is 0 Å². The van der Waals surface area contributed by atoms with Crippen molar-refractivity contribution in [2.45, 2.75) is 38.4 Å². The fourth-order valence-corrected chi connectivity index (χ4v) is 3.45. The molecule has 2 N–H and O–H groups in total. The van der Waals surface area contributed by atoms with Crippen LogP contribution in [0.25, 0.3) is 0 Å². The highest BCUT2D eigenvalue weighted by Crippen LogP contribution is 2.13. The minimum atomic E-state index is -0.209. The summed E-state index contributed by atoms with van der Waals surface area (Å²) in [6.07, 6.45) is 1.25. The van der Waals surface area contributed by atoms with E-state index in [1.807, 2.05) is 31.2 Å². The molecule has 142 valence electrons. The van der Waals surface area contributed by atoms with Gasteiger partial charge in [0.05, 0.1) is 0 Å². The molecule has 5 nitrogen and oxygen atoms in total. The topological polar surface area (TPSA) is 61.4 Å². The van der Waals surface area contributed by atoms with Gasteiger partial charge in [0.2, 0.25) is 5.91 Å². The van der Waals surface area contributed by atoms with Gasteiger partial charge in [0.15, 0.2) is 0 Å². The average molecular weight is 365 g/mol. The molecule has 2 aromatic carbocycles. The Labute approximate surface area is 160 Å². The number of benzene rings is 2. The fourth-order valence-electron chi connectivity index (χ4n) is 3.45. The Hall–Kier alpha value is -2.66. The number of nitrogens with one attached hydrogen (secondary N) is 2. The highest BCUT2D eigenvalue weighted by atomic mass is 16.2. The number of rotatable bonds is 7. The van der Waals surface area contributed by atoms with Gasteiger partial charge in [-0.25, -0.2) is 0 Å². The van der Waals surface area contributed by atoms with Crippen LogP contribution in [-0.4, -0.2) is 41.9 Å². The number of amides is 2. The Balaban J connectivity index is 1.39. The van der Waals surface area contributed by atoms with Gasteiger partial charge >= 0.3 is 0 Å².